The van der Waals surface area contributed by atoms with Gasteiger partial charge < -0.3 is 14.8 Å². The zero-order valence-electron chi connectivity index (χ0n) is 17.9. The minimum Gasteiger partial charge on any atom is -0.331 e. The van der Waals surface area contributed by atoms with Gasteiger partial charge in [0.1, 0.15) is 5.82 Å². The van der Waals surface area contributed by atoms with E-state index in [1.807, 2.05) is 25.2 Å². The van der Waals surface area contributed by atoms with Crippen LogP contribution >= 0.6 is 0 Å². The molecule has 1 aromatic heterocycles. The van der Waals surface area contributed by atoms with Crippen molar-refractivity contribution in [2.24, 2.45) is 13.0 Å². The summed E-state index contributed by atoms with van der Waals surface area (Å²) in [7, 11) is 2.03. The first-order valence-corrected chi connectivity index (χ1v) is 10.6. The van der Waals surface area contributed by atoms with E-state index >= 15 is 0 Å². The number of amides is 1. The Hall–Kier alpha value is -3.26. The third kappa shape index (κ3) is 4.74. The number of carbonyl (C=O) groups excluding carboxylic acids is 1. The number of likely N-dealkylation sites (tertiary alicyclic amines) is 1. The van der Waals surface area contributed by atoms with Gasteiger partial charge >= 0.3 is 0 Å². The highest BCUT2D eigenvalue weighted by Crippen LogP contribution is 2.22. The van der Waals surface area contributed by atoms with Gasteiger partial charge in [-0.3, -0.25) is 14.9 Å². The van der Waals surface area contributed by atoms with Crippen LogP contribution in [0.1, 0.15) is 35.9 Å². The average molecular weight is 422 g/mol. The number of nitrogens with zero attached hydrogens (tertiary/aromatic N) is 4. The number of carbonyl (C=O) groups is 1. The van der Waals surface area contributed by atoms with Crippen LogP contribution in [0.5, 0.6) is 0 Å². The predicted molar refractivity (Wildman–Crippen MR) is 120 cm³/mol. The topological polar surface area (TPSA) is 93.3 Å². The number of aryl methyl sites for hydroxylation is 1. The van der Waals surface area contributed by atoms with E-state index in [9.17, 15) is 14.9 Å². The maximum Gasteiger partial charge on any atom is 0.269 e. The molecule has 0 spiro atoms. The summed E-state index contributed by atoms with van der Waals surface area (Å²) in [5, 5.41) is 13.6. The fourth-order valence-corrected chi connectivity index (χ4v) is 4.03. The Morgan fingerprint density at radius 2 is 1.90 bits per heavy atom. The van der Waals surface area contributed by atoms with Gasteiger partial charge in [-0.15, -0.1) is 0 Å². The van der Waals surface area contributed by atoms with Crippen molar-refractivity contribution in [2.45, 2.75) is 26.2 Å². The Kier molecular flexibility index (Phi) is 5.99. The van der Waals surface area contributed by atoms with Crippen LogP contribution in [-0.2, 0) is 13.5 Å². The molecule has 1 amide bonds. The SMILES string of the molecule is CC1CCN(CCc2nc3cc(NC(=O)c4ccc([N+](=O)[O-])cc4)ccc3n2C)CC1. The average Bonchev–Trinajstić information content (AvgIpc) is 3.08. The van der Waals surface area contributed by atoms with E-state index in [2.05, 4.69) is 21.7 Å². The lowest BCUT2D eigenvalue weighted by molar-refractivity contribution is -0.384. The molecule has 1 N–H and O–H groups in total. The van der Waals surface area contributed by atoms with Gasteiger partial charge in [0, 0.05) is 43.4 Å². The van der Waals surface area contributed by atoms with E-state index in [4.69, 9.17) is 4.98 Å². The summed E-state index contributed by atoms with van der Waals surface area (Å²) in [4.78, 5) is 30.1. The molecular formula is C23H27N5O3. The molecule has 1 aliphatic rings. The number of piperidine rings is 1. The molecule has 1 fully saturated rings. The minimum atomic E-state index is -0.486. The fraction of sp³-hybridized carbons (Fsp3) is 0.391. The molecule has 2 aromatic carbocycles. The molecule has 0 bridgehead atoms. The Bertz CT molecular complexity index is 1100. The van der Waals surface area contributed by atoms with Crippen molar-refractivity contribution in [3.8, 4) is 0 Å². The van der Waals surface area contributed by atoms with Crippen LogP contribution in [0.25, 0.3) is 11.0 Å². The number of nitrogens with one attached hydrogen (secondary N) is 1. The molecule has 1 saturated heterocycles. The van der Waals surface area contributed by atoms with Gasteiger partial charge in [-0.2, -0.15) is 0 Å². The Morgan fingerprint density at radius 3 is 2.58 bits per heavy atom. The number of hydrogen-bond acceptors (Lipinski definition) is 5. The van der Waals surface area contributed by atoms with Crippen LogP contribution < -0.4 is 5.32 Å². The Balaban J connectivity index is 1.44. The van der Waals surface area contributed by atoms with Crippen LogP contribution in [0, 0.1) is 16.0 Å². The van der Waals surface area contributed by atoms with Gasteiger partial charge in [-0.25, -0.2) is 4.98 Å². The second kappa shape index (κ2) is 8.85. The smallest absolute Gasteiger partial charge is 0.269 e. The summed E-state index contributed by atoms with van der Waals surface area (Å²) in [6.07, 6.45) is 3.42. The van der Waals surface area contributed by atoms with E-state index in [1.54, 1.807) is 0 Å². The van der Waals surface area contributed by atoms with Crippen molar-refractivity contribution in [3.05, 3.63) is 64.0 Å². The number of benzene rings is 2. The standard InChI is InChI=1S/C23H27N5O3/c1-16-9-12-27(13-10-16)14-11-22-25-20-15-18(5-8-21(20)26(22)2)24-23(29)17-3-6-19(7-4-17)28(30)31/h3-8,15-16H,9-14H2,1-2H3,(H,24,29). The highest BCUT2D eigenvalue weighted by Gasteiger charge is 2.17. The summed E-state index contributed by atoms with van der Waals surface area (Å²) < 4.78 is 2.11. The van der Waals surface area contributed by atoms with Crippen LogP contribution in [-0.4, -0.2) is 44.9 Å². The normalized spacial score (nSPS) is 15.3. The van der Waals surface area contributed by atoms with Crippen LogP contribution in [0.2, 0.25) is 0 Å². The number of anilines is 1. The van der Waals surface area contributed by atoms with Gasteiger partial charge in [0.15, 0.2) is 0 Å². The zero-order chi connectivity index (χ0) is 22.0. The van der Waals surface area contributed by atoms with E-state index < -0.39 is 4.92 Å². The highest BCUT2D eigenvalue weighted by atomic mass is 16.6. The number of non-ortho nitro benzene ring substituents is 1. The second-order valence-corrected chi connectivity index (χ2v) is 8.32. The van der Waals surface area contributed by atoms with Crippen LogP contribution in [0.4, 0.5) is 11.4 Å². The van der Waals surface area contributed by atoms with Crippen molar-refractivity contribution in [1.82, 2.24) is 14.5 Å². The molecule has 162 valence electrons. The third-order valence-electron chi connectivity index (χ3n) is 6.10. The quantitative estimate of drug-likeness (QED) is 0.479. The monoisotopic (exact) mass is 421 g/mol. The molecule has 2 heterocycles. The lowest BCUT2D eigenvalue weighted by atomic mass is 9.99. The van der Waals surface area contributed by atoms with Gasteiger partial charge in [0.25, 0.3) is 11.6 Å². The first-order chi connectivity index (χ1) is 14.9. The van der Waals surface area contributed by atoms with Crippen LogP contribution in [0.3, 0.4) is 0 Å². The summed E-state index contributed by atoms with van der Waals surface area (Å²) >= 11 is 0. The molecule has 8 nitrogen and oxygen atoms in total. The lowest BCUT2D eigenvalue weighted by Crippen LogP contribution is -2.34. The maximum absolute atomic E-state index is 12.5. The zero-order valence-corrected chi connectivity index (χ0v) is 17.9. The summed E-state index contributed by atoms with van der Waals surface area (Å²) in [5.41, 5.74) is 2.83. The molecule has 0 radical (unpaired) electrons. The third-order valence-corrected chi connectivity index (χ3v) is 6.10. The van der Waals surface area contributed by atoms with Gasteiger partial charge in [-0.1, -0.05) is 6.92 Å². The van der Waals surface area contributed by atoms with E-state index in [1.165, 1.54) is 37.1 Å². The fourth-order valence-electron chi connectivity index (χ4n) is 4.03. The van der Waals surface area contributed by atoms with Crippen LogP contribution in [0.15, 0.2) is 42.5 Å². The molecule has 0 unspecified atom stereocenters. The van der Waals surface area contributed by atoms with Crippen molar-refractivity contribution >= 4 is 28.3 Å². The number of nitro benzene ring substituents is 1. The first kappa shape index (κ1) is 21.0. The molecule has 4 rings (SSSR count). The van der Waals surface area contributed by atoms with Gasteiger partial charge in [-0.05, 0) is 62.2 Å². The molecular weight excluding hydrogens is 394 g/mol. The lowest BCUT2D eigenvalue weighted by Gasteiger charge is -2.29. The summed E-state index contributed by atoms with van der Waals surface area (Å²) in [6.45, 7) is 5.64. The minimum absolute atomic E-state index is 0.0435. The molecule has 0 atom stereocenters. The molecule has 0 saturated carbocycles. The number of hydrogen-bond donors (Lipinski definition) is 1. The maximum atomic E-state index is 12.5. The van der Waals surface area contributed by atoms with Gasteiger partial charge in [0.05, 0.1) is 16.0 Å². The van der Waals surface area contributed by atoms with Crippen molar-refractivity contribution in [1.29, 1.82) is 0 Å². The van der Waals surface area contributed by atoms with Crippen molar-refractivity contribution in [3.63, 3.8) is 0 Å². The predicted octanol–water partition coefficient (Wildman–Crippen LogP) is 4.01. The Morgan fingerprint density at radius 1 is 1.19 bits per heavy atom. The first-order valence-electron chi connectivity index (χ1n) is 10.6. The van der Waals surface area contributed by atoms with E-state index in [0.29, 0.717) is 11.3 Å². The molecule has 1 aliphatic heterocycles. The number of nitro groups is 1. The number of aromatic nitrogens is 2. The number of rotatable bonds is 6. The molecule has 31 heavy (non-hydrogen) atoms. The largest absolute Gasteiger partial charge is 0.331 e. The van der Waals surface area contributed by atoms with Crippen molar-refractivity contribution in [2.75, 3.05) is 25.0 Å². The summed E-state index contributed by atoms with van der Waals surface area (Å²) in [5.74, 6) is 1.55. The molecule has 8 heteroatoms. The number of fused-ring (bicyclic) bond motifs is 1. The second-order valence-electron chi connectivity index (χ2n) is 8.32. The van der Waals surface area contributed by atoms with Crippen molar-refractivity contribution < 1.29 is 9.72 Å². The molecule has 3 aromatic rings. The van der Waals surface area contributed by atoms with Gasteiger partial charge in [0.2, 0.25) is 0 Å². The Labute approximate surface area is 181 Å². The van der Waals surface area contributed by atoms with E-state index in [-0.39, 0.29) is 11.6 Å². The highest BCUT2D eigenvalue weighted by molar-refractivity contribution is 6.05. The number of imidazole rings is 1. The van der Waals surface area contributed by atoms with E-state index in [0.717, 1.165) is 48.8 Å². The molecule has 0 aliphatic carbocycles. The summed E-state index contributed by atoms with van der Waals surface area (Å²) in [6, 6.07) is 11.2.